The molecular formula is C16H23N3O2. The van der Waals surface area contributed by atoms with Crippen molar-refractivity contribution in [3.05, 3.63) is 23.4 Å². The number of amides is 1. The Morgan fingerprint density at radius 3 is 3.05 bits per heavy atom. The van der Waals surface area contributed by atoms with Gasteiger partial charge >= 0.3 is 0 Å². The third-order valence-corrected chi connectivity index (χ3v) is 4.42. The molecule has 0 radical (unpaired) electrons. The molecular weight excluding hydrogens is 266 g/mol. The zero-order valence-corrected chi connectivity index (χ0v) is 12.7. The molecule has 1 atom stereocenters. The summed E-state index contributed by atoms with van der Waals surface area (Å²) < 4.78 is 5.19. The lowest BCUT2D eigenvalue weighted by molar-refractivity contribution is -0.131. The number of aromatic nitrogens is 2. The number of carbonyl (C=O) groups is 1. The summed E-state index contributed by atoms with van der Waals surface area (Å²) >= 11 is 0. The van der Waals surface area contributed by atoms with Crippen LogP contribution in [-0.2, 0) is 11.2 Å². The molecule has 1 aromatic rings. The molecule has 5 nitrogen and oxygen atoms in total. The second-order valence-electron chi connectivity index (χ2n) is 5.93. The van der Waals surface area contributed by atoms with Crippen LogP contribution in [0.15, 0.2) is 16.2 Å². The molecule has 0 spiro atoms. The summed E-state index contributed by atoms with van der Waals surface area (Å²) in [5.41, 5.74) is 1.30. The Labute approximate surface area is 125 Å². The van der Waals surface area contributed by atoms with Crippen LogP contribution < -0.4 is 0 Å². The molecule has 114 valence electrons. The molecule has 1 amide bonds. The first-order chi connectivity index (χ1) is 10.3. The number of rotatable bonds is 4. The fourth-order valence-electron chi connectivity index (χ4n) is 3.24. The number of hydrogen-bond acceptors (Lipinski definition) is 4. The van der Waals surface area contributed by atoms with Crippen molar-refractivity contribution >= 4 is 5.91 Å². The van der Waals surface area contributed by atoms with Gasteiger partial charge in [-0.15, -0.1) is 0 Å². The summed E-state index contributed by atoms with van der Waals surface area (Å²) in [6, 6.07) is 0.00532. The summed E-state index contributed by atoms with van der Waals surface area (Å²) in [6.07, 6.45) is 10.2. The van der Waals surface area contributed by atoms with Crippen molar-refractivity contribution < 1.29 is 9.32 Å². The maximum absolute atomic E-state index is 12.6. The van der Waals surface area contributed by atoms with Crippen molar-refractivity contribution in [3.63, 3.8) is 0 Å². The third-order valence-electron chi connectivity index (χ3n) is 4.42. The largest absolute Gasteiger partial charge is 0.339 e. The summed E-state index contributed by atoms with van der Waals surface area (Å²) in [5.74, 6) is 1.54. The standard InChI is InChI=1S/C16H23N3O2/c1-2-14-17-16(18-21-14)13-9-6-10-19(13)15(20)11-12-7-4-3-5-8-12/h7,13H,2-6,8-11H2,1H3/t13-/m1/s1. The SMILES string of the molecule is CCc1nc([C@H]2CCCN2C(=O)CC2=CCCCC2)no1. The smallest absolute Gasteiger partial charge is 0.227 e. The van der Waals surface area contributed by atoms with Crippen LogP contribution in [0, 0.1) is 0 Å². The van der Waals surface area contributed by atoms with E-state index in [0.717, 1.165) is 38.6 Å². The van der Waals surface area contributed by atoms with Gasteiger partial charge in [0.2, 0.25) is 11.8 Å². The van der Waals surface area contributed by atoms with Gasteiger partial charge in [0.15, 0.2) is 5.82 Å². The molecule has 3 rings (SSSR count). The molecule has 0 aromatic carbocycles. The van der Waals surface area contributed by atoms with Crippen molar-refractivity contribution in [2.24, 2.45) is 0 Å². The zero-order chi connectivity index (χ0) is 14.7. The second-order valence-corrected chi connectivity index (χ2v) is 5.93. The van der Waals surface area contributed by atoms with Gasteiger partial charge in [-0.2, -0.15) is 4.98 Å². The number of allylic oxidation sites excluding steroid dienone is 1. The van der Waals surface area contributed by atoms with Crippen molar-refractivity contribution in [3.8, 4) is 0 Å². The van der Waals surface area contributed by atoms with Gasteiger partial charge in [0, 0.05) is 19.4 Å². The molecule has 1 fully saturated rings. The van der Waals surface area contributed by atoms with Crippen LogP contribution >= 0.6 is 0 Å². The minimum Gasteiger partial charge on any atom is -0.339 e. The van der Waals surface area contributed by atoms with Crippen LogP contribution in [0.5, 0.6) is 0 Å². The lowest BCUT2D eigenvalue weighted by Gasteiger charge is -2.23. The highest BCUT2D eigenvalue weighted by atomic mass is 16.5. The Balaban J connectivity index is 1.68. The van der Waals surface area contributed by atoms with Gasteiger partial charge in [-0.05, 0) is 38.5 Å². The monoisotopic (exact) mass is 289 g/mol. The average Bonchev–Trinajstić information content (AvgIpc) is 3.16. The van der Waals surface area contributed by atoms with E-state index in [4.69, 9.17) is 4.52 Å². The first kappa shape index (κ1) is 14.3. The predicted molar refractivity (Wildman–Crippen MR) is 78.5 cm³/mol. The molecule has 1 aliphatic heterocycles. The minimum absolute atomic E-state index is 0.00532. The highest BCUT2D eigenvalue weighted by Gasteiger charge is 2.33. The van der Waals surface area contributed by atoms with Crippen LogP contribution in [0.25, 0.3) is 0 Å². The van der Waals surface area contributed by atoms with Gasteiger partial charge in [0.1, 0.15) is 0 Å². The highest BCUT2D eigenvalue weighted by Crippen LogP contribution is 2.32. The maximum atomic E-state index is 12.6. The number of carbonyl (C=O) groups excluding carboxylic acids is 1. The van der Waals surface area contributed by atoms with E-state index in [1.165, 1.54) is 18.4 Å². The van der Waals surface area contributed by atoms with Gasteiger partial charge in [-0.25, -0.2) is 0 Å². The first-order valence-electron chi connectivity index (χ1n) is 8.07. The van der Waals surface area contributed by atoms with Gasteiger partial charge in [-0.1, -0.05) is 23.7 Å². The van der Waals surface area contributed by atoms with Crippen molar-refractivity contribution in [2.75, 3.05) is 6.54 Å². The lowest BCUT2D eigenvalue weighted by Crippen LogP contribution is -2.31. The normalized spacial score (nSPS) is 22.4. The van der Waals surface area contributed by atoms with Gasteiger partial charge in [0.25, 0.3) is 0 Å². The fourth-order valence-corrected chi connectivity index (χ4v) is 3.24. The fraction of sp³-hybridized carbons (Fsp3) is 0.688. The van der Waals surface area contributed by atoms with E-state index in [1.807, 2.05) is 11.8 Å². The summed E-state index contributed by atoms with van der Waals surface area (Å²) in [5, 5.41) is 4.05. The topological polar surface area (TPSA) is 59.2 Å². The van der Waals surface area contributed by atoms with E-state index >= 15 is 0 Å². The number of nitrogens with zero attached hydrogens (tertiary/aromatic N) is 3. The number of hydrogen-bond donors (Lipinski definition) is 0. The zero-order valence-electron chi connectivity index (χ0n) is 12.7. The predicted octanol–water partition coefficient (Wildman–Crippen LogP) is 3.19. The molecule has 1 saturated heterocycles. The van der Waals surface area contributed by atoms with Crippen molar-refractivity contribution in [2.45, 2.75) is 64.3 Å². The Morgan fingerprint density at radius 2 is 2.33 bits per heavy atom. The molecule has 2 heterocycles. The molecule has 5 heteroatoms. The molecule has 0 bridgehead atoms. The van der Waals surface area contributed by atoms with Crippen molar-refractivity contribution in [1.82, 2.24) is 15.0 Å². The lowest BCUT2D eigenvalue weighted by atomic mass is 9.97. The Morgan fingerprint density at radius 1 is 1.43 bits per heavy atom. The van der Waals surface area contributed by atoms with Crippen molar-refractivity contribution in [1.29, 1.82) is 0 Å². The molecule has 0 saturated carbocycles. The van der Waals surface area contributed by atoms with E-state index in [-0.39, 0.29) is 11.9 Å². The molecule has 0 unspecified atom stereocenters. The summed E-state index contributed by atoms with van der Waals surface area (Å²) in [7, 11) is 0. The highest BCUT2D eigenvalue weighted by molar-refractivity contribution is 5.79. The van der Waals surface area contributed by atoms with E-state index < -0.39 is 0 Å². The minimum atomic E-state index is 0.00532. The Bertz CT molecular complexity index is 535. The van der Waals surface area contributed by atoms with Crippen LogP contribution in [-0.4, -0.2) is 27.5 Å². The van der Waals surface area contributed by atoms with Crippen LogP contribution in [0.4, 0.5) is 0 Å². The Hall–Kier alpha value is -1.65. The second kappa shape index (κ2) is 6.41. The summed E-state index contributed by atoms with van der Waals surface area (Å²) in [6.45, 7) is 2.80. The van der Waals surface area contributed by atoms with Crippen LogP contribution in [0.3, 0.4) is 0 Å². The van der Waals surface area contributed by atoms with Crippen LogP contribution in [0.2, 0.25) is 0 Å². The molecule has 2 aliphatic rings. The van der Waals surface area contributed by atoms with E-state index in [1.54, 1.807) is 0 Å². The van der Waals surface area contributed by atoms with Crippen LogP contribution in [0.1, 0.15) is 69.6 Å². The van der Waals surface area contributed by atoms with Gasteiger partial charge in [-0.3, -0.25) is 4.79 Å². The molecule has 0 N–H and O–H groups in total. The first-order valence-corrected chi connectivity index (χ1v) is 8.07. The molecule has 1 aromatic heterocycles. The van der Waals surface area contributed by atoms with E-state index in [0.29, 0.717) is 18.1 Å². The maximum Gasteiger partial charge on any atom is 0.227 e. The van der Waals surface area contributed by atoms with E-state index in [9.17, 15) is 4.79 Å². The van der Waals surface area contributed by atoms with E-state index in [2.05, 4.69) is 16.2 Å². The number of aryl methyl sites for hydroxylation is 1. The Kier molecular flexibility index (Phi) is 4.36. The molecule has 1 aliphatic carbocycles. The van der Waals surface area contributed by atoms with Gasteiger partial charge in [0.05, 0.1) is 6.04 Å². The van der Waals surface area contributed by atoms with Gasteiger partial charge < -0.3 is 9.42 Å². The number of likely N-dealkylation sites (tertiary alicyclic amines) is 1. The quantitative estimate of drug-likeness (QED) is 0.799. The molecule has 21 heavy (non-hydrogen) atoms. The average molecular weight is 289 g/mol. The third kappa shape index (κ3) is 3.17. The summed E-state index contributed by atoms with van der Waals surface area (Å²) in [4.78, 5) is 18.9.